The molecule has 8 heteroatoms. The summed E-state index contributed by atoms with van der Waals surface area (Å²) in [5.41, 5.74) is 3.12. The van der Waals surface area contributed by atoms with Crippen LogP contribution in [0.1, 0.15) is 24.2 Å². The lowest BCUT2D eigenvalue weighted by molar-refractivity contribution is 0.340. The summed E-state index contributed by atoms with van der Waals surface area (Å²) in [5, 5.41) is 13.4. The van der Waals surface area contributed by atoms with Gasteiger partial charge in [-0.1, -0.05) is 34.6 Å². The van der Waals surface area contributed by atoms with Gasteiger partial charge in [-0.15, -0.1) is 10.2 Å². The van der Waals surface area contributed by atoms with E-state index in [1.54, 1.807) is 0 Å². The minimum Gasteiger partial charge on any atom is -0.494 e. The molecule has 2 aromatic heterocycles. The van der Waals surface area contributed by atoms with Crippen molar-refractivity contribution < 1.29 is 9.26 Å². The number of nitrogens with zero attached hydrogens (tertiary/aromatic N) is 5. The van der Waals surface area contributed by atoms with Crippen LogP contribution in [0.4, 0.5) is 0 Å². The fourth-order valence-corrected chi connectivity index (χ4v) is 3.69. The molecule has 0 saturated heterocycles. The molecule has 0 aliphatic rings. The van der Waals surface area contributed by atoms with E-state index in [0.29, 0.717) is 24.1 Å². The predicted molar refractivity (Wildman–Crippen MR) is 111 cm³/mol. The largest absolute Gasteiger partial charge is 0.494 e. The minimum atomic E-state index is 0.508. The third-order valence-electron chi connectivity index (χ3n) is 4.30. The Kier molecular flexibility index (Phi) is 5.62. The normalized spacial score (nSPS) is 11.0. The van der Waals surface area contributed by atoms with Crippen LogP contribution in [0.3, 0.4) is 0 Å². The molecule has 0 unspecified atom stereocenters. The second-order valence-corrected chi connectivity index (χ2v) is 7.40. The van der Waals surface area contributed by atoms with E-state index in [4.69, 9.17) is 9.26 Å². The van der Waals surface area contributed by atoms with Crippen molar-refractivity contribution in [3.8, 4) is 22.8 Å². The maximum atomic E-state index is 5.46. The first-order valence-corrected chi connectivity index (χ1v) is 10.3. The van der Waals surface area contributed by atoms with Gasteiger partial charge in [-0.2, -0.15) is 4.98 Å². The van der Waals surface area contributed by atoms with Crippen molar-refractivity contribution in [1.29, 1.82) is 0 Å². The van der Waals surface area contributed by atoms with Crippen molar-refractivity contribution in [2.45, 2.75) is 31.7 Å². The highest BCUT2D eigenvalue weighted by Gasteiger charge is 2.14. The number of thioether (sulfide) groups is 1. The third-order valence-corrected chi connectivity index (χ3v) is 5.22. The molecule has 148 valence electrons. The molecule has 2 aromatic carbocycles. The van der Waals surface area contributed by atoms with Crippen LogP contribution in [-0.2, 0) is 5.75 Å². The van der Waals surface area contributed by atoms with E-state index in [1.165, 1.54) is 17.3 Å². The summed E-state index contributed by atoms with van der Waals surface area (Å²) in [6.45, 7) is 6.59. The van der Waals surface area contributed by atoms with Crippen molar-refractivity contribution >= 4 is 11.8 Å². The van der Waals surface area contributed by atoms with E-state index in [-0.39, 0.29) is 0 Å². The van der Waals surface area contributed by atoms with Crippen LogP contribution in [0, 0.1) is 13.8 Å². The lowest BCUT2D eigenvalue weighted by atomic mass is 10.2. The van der Waals surface area contributed by atoms with Gasteiger partial charge in [0.25, 0.3) is 0 Å². The van der Waals surface area contributed by atoms with E-state index >= 15 is 0 Å². The van der Waals surface area contributed by atoms with E-state index in [2.05, 4.69) is 51.5 Å². The van der Waals surface area contributed by atoms with Crippen molar-refractivity contribution in [3.05, 3.63) is 65.8 Å². The highest BCUT2D eigenvalue weighted by molar-refractivity contribution is 7.98. The molecule has 2 heterocycles. The molecule has 0 atom stereocenters. The first-order chi connectivity index (χ1) is 14.1. The average Bonchev–Trinajstić information content (AvgIpc) is 3.35. The fraction of sp³-hybridized carbons (Fsp3) is 0.238. The molecule has 0 spiro atoms. The maximum Gasteiger partial charge on any atom is 0.237 e. The van der Waals surface area contributed by atoms with Crippen LogP contribution < -0.4 is 4.74 Å². The maximum absolute atomic E-state index is 5.46. The van der Waals surface area contributed by atoms with Gasteiger partial charge in [-0.05, 0) is 57.2 Å². The number of aromatic nitrogens is 5. The van der Waals surface area contributed by atoms with Crippen molar-refractivity contribution in [3.63, 3.8) is 0 Å². The number of benzene rings is 2. The number of aryl methyl sites for hydroxylation is 2. The van der Waals surface area contributed by atoms with Crippen molar-refractivity contribution in [2.24, 2.45) is 0 Å². The number of hydrogen-bond acceptors (Lipinski definition) is 7. The third kappa shape index (κ3) is 4.32. The Labute approximate surface area is 173 Å². The zero-order chi connectivity index (χ0) is 20.2. The Morgan fingerprint density at radius 3 is 2.48 bits per heavy atom. The summed E-state index contributed by atoms with van der Waals surface area (Å²) < 4.78 is 12.9. The lowest BCUT2D eigenvalue weighted by Crippen LogP contribution is -1.99. The zero-order valence-corrected chi connectivity index (χ0v) is 17.3. The molecule has 0 saturated carbocycles. The van der Waals surface area contributed by atoms with Crippen molar-refractivity contribution in [1.82, 2.24) is 24.9 Å². The minimum absolute atomic E-state index is 0.508. The van der Waals surface area contributed by atoms with Crippen LogP contribution in [0.15, 0.2) is 58.2 Å². The lowest BCUT2D eigenvalue weighted by Gasteiger charge is -2.07. The Morgan fingerprint density at radius 2 is 1.76 bits per heavy atom. The molecular formula is C21H21N5O2S. The monoisotopic (exact) mass is 407 g/mol. The van der Waals surface area contributed by atoms with Crippen molar-refractivity contribution in [2.75, 3.05) is 6.61 Å². The topological polar surface area (TPSA) is 78.9 Å². The van der Waals surface area contributed by atoms with Crippen LogP contribution in [-0.4, -0.2) is 31.5 Å². The molecule has 0 radical (unpaired) electrons. The van der Waals surface area contributed by atoms with Crippen LogP contribution in [0.2, 0.25) is 0 Å². The summed E-state index contributed by atoms with van der Waals surface area (Å²) in [6.07, 6.45) is 0. The average molecular weight is 407 g/mol. The van der Waals surface area contributed by atoms with Crippen LogP contribution in [0.5, 0.6) is 5.75 Å². The quantitative estimate of drug-likeness (QED) is 0.413. The molecule has 7 nitrogen and oxygen atoms in total. The predicted octanol–water partition coefficient (Wildman–Crippen LogP) is 4.63. The number of ether oxygens (including phenoxy) is 1. The number of rotatable bonds is 7. The van der Waals surface area contributed by atoms with Gasteiger partial charge in [-0.3, -0.25) is 4.57 Å². The molecule has 4 aromatic rings. The summed E-state index contributed by atoms with van der Waals surface area (Å²) >= 11 is 1.51. The fourth-order valence-electron chi connectivity index (χ4n) is 2.85. The van der Waals surface area contributed by atoms with E-state index in [1.807, 2.05) is 42.7 Å². The molecule has 0 aliphatic carbocycles. The molecule has 29 heavy (non-hydrogen) atoms. The Hall–Kier alpha value is -3.13. The highest BCUT2D eigenvalue weighted by Crippen LogP contribution is 2.26. The first kappa shape index (κ1) is 19.2. The standard InChI is InChI=1S/C21H21N5O2S/c1-4-27-18-11-7-16(8-12-18)20-22-19(28-25-20)13-29-21-24-23-15(3)26(21)17-9-5-14(2)6-10-17/h5-12H,4,13H2,1-3H3. The highest BCUT2D eigenvalue weighted by atomic mass is 32.2. The Balaban J connectivity index is 1.47. The molecule has 0 amide bonds. The smallest absolute Gasteiger partial charge is 0.237 e. The van der Waals surface area contributed by atoms with Gasteiger partial charge in [-0.25, -0.2) is 0 Å². The molecule has 0 fully saturated rings. The summed E-state index contributed by atoms with van der Waals surface area (Å²) in [5.74, 6) is 3.25. The molecule has 0 N–H and O–H groups in total. The van der Waals surface area contributed by atoms with Gasteiger partial charge in [0.05, 0.1) is 12.4 Å². The SMILES string of the molecule is CCOc1ccc(-c2noc(CSc3nnc(C)n3-c3ccc(C)cc3)n2)cc1. The summed E-state index contributed by atoms with van der Waals surface area (Å²) in [4.78, 5) is 4.50. The van der Waals surface area contributed by atoms with Crippen LogP contribution in [0.25, 0.3) is 17.1 Å². The molecule has 0 bridgehead atoms. The Bertz CT molecular complexity index is 1090. The van der Waals surface area contributed by atoms with E-state index in [9.17, 15) is 0 Å². The summed E-state index contributed by atoms with van der Waals surface area (Å²) in [7, 11) is 0. The first-order valence-electron chi connectivity index (χ1n) is 9.31. The van der Waals surface area contributed by atoms with Gasteiger partial charge in [0, 0.05) is 11.3 Å². The van der Waals surface area contributed by atoms with Gasteiger partial charge in [0.15, 0.2) is 5.16 Å². The van der Waals surface area contributed by atoms with E-state index in [0.717, 1.165) is 28.0 Å². The van der Waals surface area contributed by atoms with Gasteiger partial charge < -0.3 is 9.26 Å². The van der Waals surface area contributed by atoms with Gasteiger partial charge in [0.2, 0.25) is 11.7 Å². The molecule has 4 rings (SSSR count). The summed E-state index contributed by atoms with van der Waals surface area (Å²) in [6, 6.07) is 15.9. The second kappa shape index (κ2) is 8.48. The van der Waals surface area contributed by atoms with Crippen LogP contribution >= 0.6 is 11.8 Å². The number of hydrogen-bond donors (Lipinski definition) is 0. The second-order valence-electron chi connectivity index (χ2n) is 6.46. The molecular weight excluding hydrogens is 386 g/mol. The van der Waals surface area contributed by atoms with Gasteiger partial charge in [0.1, 0.15) is 11.6 Å². The van der Waals surface area contributed by atoms with E-state index < -0.39 is 0 Å². The Morgan fingerprint density at radius 1 is 1.00 bits per heavy atom. The van der Waals surface area contributed by atoms with Gasteiger partial charge >= 0.3 is 0 Å². The molecule has 0 aliphatic heterocycles. The zero-order valence-electron chi connectivity index (χ0n) is 16.5.